The molecule has 1 aromatic carbocycles. The Labute approximate surface area is 100 Å². The molecule has 1 aliphatic heterocycles. The Kier molecular flexibility index (Phi) is 2.21. The Morgan fingerprint density at radius 1 is 1.50 bits per heavy atom. The summed E-state index contributed by atoms with van der Waals surface area (Å²) in [5.74, 6) is 0.674. The van der Waals surface area contributed by atoms with Gasteiger partial charge in [-0.25, -0.2) is 4.98 Å². The largest absolute Gasteiger partial charge is 0.353 e. The summed E-state index contributed by atoms with van der Waals surface area (Å²) in [4.78, 5) is 16.7. The van der Waals surface area contributed by atoms with E-state index in [1.54, 1.807) is 4.57 Å². The Morgan fingerprint density at radius 3 is 3.12 bits per heavy atom. The van der Waals surface area contributed by atoms with E-state index in [1.165, 1.54) is 0 Å². The fourth-order valence-corrected chi connectivity index (χ4v) is 2.55. The summed E-state index contributed by atoms with van der Waals surface area (Å²) in [6, 6.07) is 7.59. The molecule has 0 radical (unpaired) electrons. The van der Waals surface area contributed by atoms with Crippen LogP contribution in [0, 0.1) is 0 Å². The van der Waals surface area contributed by atoms with Crippen LogP contribution in [0.4, 0.5) is 5.95 Å². The minimum atomic E-state index is 0.0371. The van der Waals surface area contributed by atoms with E-state index >= 15 is 0 Å². The normalized spacial score (nSPS) is 18.4. The minimum Gasteiger partial charge on any atom is -0.353 e. The van der Waals surface area contributed by atoms with E-state index < -0.39 is 0 Å². The molecule has 0 saturated heterocycles. The fraction of sp³-hybridized carbons (Fsp3) is 0.273. The van der Waals surface area contributed by atoms with E-state index in [0.29, 0.717) is 11.3 Å². The van der Waals surface area contributed by atoms with Crippen LogP contribution in [0.1, 0.15) is 6.04 Å². The molecular weight excluding hydrogens is 270 g/mol. The summed E-state index contributed by atoms with van der Waals surface area (Å²) in [5.41, 5.74) is 0.788. The molecule has 3 rings (SSSR count). The second-order valence-electron chi connectivity index (χ2n) is 3.82. The molecule has 82 valence electrons. The predicted molar refractivity (Wildman–Crippen MR) is 67.3 cm³/mol. The first kappa shape index (κ1) is 9.84. The van der Waals surface area contributed by atoms with Crippen LogP contribution in [0.25, 0.3) is 10.9 Å². The minimum absolute atomic E-state index is 0.0371. The van der Waals surface area contributed by atoms with Crippen LogP contribution in [-0.2, 0) is 0 Å². The van der Waals surface area contributed by atoms with Gasteiger partial charge in [-0.15, -0.1) is 0 Å². The van der Waals surface area contributed by atoms with Gasteiger partial charge in [-0.1, -0.05) is 28.1 Å². The first-order valence-corrected chi connectivity index (χ1v) is 6.24. The number of hydrogen-bond acceptors (Lipinski definition) is 3. The van der Waals surface area contributed by atoms with Gasteiger partial charge in [0.15, 0.2) is 0 Å². The lowest BCUT2D eigenvalue weighted by atomic mass is 10.2. The van der Waals surface area contributed by atoms with Crippen molar-refractivity contribution < 1.29 is 0 Å². The standard InChI is InChI=1S/C11H10BrN3O/c12-5-7-6-13-11-14-9-4-2-1-3-8(9)10(16)15(7)11/h1-4,7H,5-6H2,(H,13,14)/t7-/m0/s1. The van der Waals surface area contributed by atoms with Crippen molar-refractivity contribution in [2.45, 2.75) is 6.04 Å². The summed E-state index contributed by atoms with van der Waals surface area (Å²) in [5, 5.41) is 4.59. The molecule has 0 bridgehead atoms. The van der Waals surface area contributed by atoms with Crippen LogP contribution in [-0.4, -0.2) is 21.4 Å². The zero-order valence-electron chi connectivity index (χ0n) is 8.48. The van der Waals surface area contributed by atoms with E-state index in [9.17, 15) is 4.79 Å². The van der Waals surface area contributed by atoms with Crippen molar-refractivity contribution in [3.05, 3.63) is 34.6 Å². The Morgan fingerprint density at radius 2 is 2.31 bits per heavy atom. The second-order valence-corrected chi connectivity index (χ2v) is 4.46. The average Bonchev–Trinajstić information content (AvgIpc) is 2.72. The first-order chi connectivity index (χ1) is 7.81. The summed E-state index contributed by atoms with van der Waals surface area (Å²) >= 11 is 3.42. The zero-order chi connectivity index (χ0) is 11.1. The number of anilines is 1. The molecule has 5 heteroatoms. The van der Waals surface area contributed by atoms with Crippen LogP contribution in [0.3, 0.4) is 0 Å². The van der Waals surface area contributed by atoms with Gasteiger partial charge in [0, 0.05) is 11.9 Å². The van der Waals surface area contributed by atoms with Crippen LogP contribution in [0.5, 0.6) is 0 Å². The van der Waals surface area contributed by atoms with E-state index in [1.807, 2.05) is 24.3 Å². The van der Waals surface area contributed by atoms with Crippen LogP contribution < -0.4 is 10.9 Å². The average molecular weight is 280 g/mol. The van der Waals surface area contributed by atoms with Gasteiger partial charge >= 0.3 is 0 Å². The van der Waals surface area contributed by atoms with E-state index in [2.05, 4.69) is 26.2 Å². The predicted octanol–water partition coefficient (Wildman–Crippen LogP) is 1.76. The van der Waals surface area contributed by atoms with Gasteiger partial charge < -0.3 is 5.32 Å². The Bertz CT molecular complexity index is 608. The number of hydrogen-bond donors (Lipinski definition) is 1. The van der Waals surface area contributed by atoms with Crippen LogP contribution in [0.2, 0.25) is 0 Å². The van der Waals surface area contributed by atoms with Gasteiger partial charge in [-0.3, -0.25) is 9.36 Å². The lowest BCUT2D eigenvalue weighted by Crippen LogP contribution is -2.24. The number of nitrogens with zero attached hydrogens (tertiary/aromatic N) is 2. The monoisotopic (exact) mass is 279 g/mol. The highest BCUT2D eigenvalue weighted by atomic mass is 79.9. The number of para-hydroxylation sites is 1. The molecule has 0 amide bonds. The Hall–Kier alpha value is -1.36. The van der Waals surface area contributed by atoms with Crippen molar-refractivity contribution in [1.29, 1.82) is 0 Å². The quantitative estimate of drug-likeness (QED) is 0.810. The van der Waals surface area contributed by atoms with Crippen molar-refractivity contribution in [1.82, 2.24) is 9.55 Å². The number of benzene rings is 1. The molecule has 2 heterocycles. The third-order valence-corrected chi connectivity index (χ3v) is 3.59. The van der Waals surface area contributed by atoms with Gasteiger partial charge in [-0.2, -0.15) is 0 Å². The van der Waals surface area contributed by atoms with Crippen molar-refractivity contribution in [3.8, 4) is 0 Å². The van der Waals surface area contributed by atoms with Crippen LogP contribution in [0.15, 0.2) is 29.1 Å². The highest BCUT2D eigenvalue weighted by Gasteiger charge is 2.23. The molecule has 16 heavy (non-hydrogen) atoms. The lowest BCUT2D eigenvalue weighted by molar-refractivity contribution is 0.622. The molecule has 1 N–H and O–H groups in total. The second kappa shape index (κ2) is 3.59. The summed E-state index contributed by atoms with van der Waals surface area (Å²) in [6.07, 6.45) is 0. The highest BCUT2D eigenvalue weighted by Crippen LogP contribution is 2.22. The summed E-state index contributed by atoms with van der Waals surface area (Å²) in [7, 11) is 0. The van der Waals surface area contributed by atoms with E-state index in [-0.39, 0.29) is 11.6 Å². The summed E-state index contributed by atoms with van der Waals surface area (Å²) in [6.45, 7) is 0.754. The molecule has 4 nitrogen and oxygen atoms in total. The molecule has 1 atom stereocenters. The van der Waals surface area contributed by atoms with Gasteiger partial charge in [0.05, 0.1) is 16.9 Å². The SMILES string of the molecule is O=c1c2ccccc2nc2n1[C@@H](CBr)CN2. The molecule has 0 spiro atoms. The molecule has 2 aromatic rings. The maximum atomic E-state index is 12.3. The third kappa shape index (κ3) is 1.28. The maximum absolute atomic E-state index is 12.3. The zero-order valence-corrected chi connectivity index (χ0v) is 10.1. The van der Waals surface area contributed by atoms with Crippen molar-refractivity contribution in [2.24, 2.45) is 0 Å². The highest BCUT2D eigenvalue weighted by molar-refractivity contribution is 9.09. The van der Waals surface area contributed by atoms with Crippen molar-refractivity contribution in [2.75, 3.05) is 17.2 Å². The maximum Gasteiger partial charge on any atom is 0.263 e. The molecule has 0 aliphatic carbocycles. The lowest BCUT2D eigenvalue weighted by Gasteiger charge is -2.09. The van der Waals surface area contributed by atoms with Gasteiger partial charge in [0.1, 0.15) is 0 Å². The Balaban J connectivity index is 2.37. The molecule has 1 aliphatic rings. The van der Waals surface area contributed by atoms with Crippen LogP contribution >= 0.6 is 15.9 Å². The first-order valence-electron chi connectivity index (χ1n) is 5.12. The van der Waals surface area contributed by atoms with E-state index in [4.69, 9.17) is 0 Å². The smallest absolute Gasteiger partial charge is 0.263 e. The topological polar surface area (TPSA) is 46.9 Å². The van der Waals surface area contributed by atoms with Gasteiger partial charge in [-0.05, 0) is 12.1 Å². The molecule has 0 fully saturated rings. The molecule has 0 unspecified atom stereocenters. The summed E-state index contributed by atoms with van der Waals surface area (Å²) < 4.78 is 1.73. The van der Waals surface area contributed by atoms with Gasteiger partial charge in [0.25, 0.3) is 5.56 Å². The number of alkyl halides is 1. The fourth-order valence-electron chi connectivity index (χ4n) is 2.03. The van der Waals surface area contributed by atoms with Crippen molar-refractivity contribution in [3.63, 3.8) is 0 Å². The number of halogens is 1. The molecule has 1 aromatic heterocycles. The number of aromatic nitrogens is 2. The number of rotatable bonds is 1. The number of nitrogens with one attached hydrogen (secondary N) is 1. The van der Waals surface area contributed by atoms with E-state index in [0.717, 1.165) is 17.4 Å². The van der Waals surface area contributed by atoms with Gasteiger partial charge in [0.2, 0.25) is 5.95 Å². The molecular formula is C11H10BrN3O. The molecule has 0 saturated carbocycles. The van der Waals surface area contributed by atoms with Crippen molar-refractivity contribution >= 4 is 32.8 Å². The number of fused-ring (bicyclic) bond motifs is 2. The third-order valence-electron chi connectivity index (χ3n) is 2.85.